The van der Waals surface area contributed by atoms with Crippen molar-refractivity contribution in [2.45, 2.75) is 26.3 Å². The van der Waals surface area contributed by atoms with Gasteiger partial charge in [-0.15, -0.1) is 11.6 Å². The topological polar surface area (TPSA) is 17.8 Å². The van der Waals surface area contributed by atoms with Gasteiger partial charge in [0.25, 0.3) is 0 Å². The second-order valence-electron chi connectivity index (χ2n) is 4.04. The highest BCUT2D eigenvalue weighted by molar-refractivity contribution is 6.35. The molecule has 0 bridgehead atoms. The molecule has 0 spiro atoms. The highest BCUT2D eigenvalue weighted by Crippen LogP contribution is 2.27. The highest BCUT2D eigenvalue weighted by Gasteiger charge is 2.14. The normalized spacial score (nSPS) is 11.6. The van der Waals surface area contributed by atoms with Crippen LogP contribution in [0.5, 0.6) is 0 Å². The number of aromatic nitrogens is 2. The van der Waals surface area contributed by atoms with Crippen molar-refractivity contribution in [3.8, 4) is 0 Å². The van der Waals surface area contributed by atoms with Crippen LogP contribution in [0.2, 0.25) is 5.02 Å². The maximum absolute atomic E-state index is 6.23. The Balaban J connectivity index is 2.72. The number of para-hydroxylation sites is 1. The van der Waals surface area contributed by atoms with E-state index < -0.39 is 0 Å². The third-order valence-electron chi connectivity index (χ3n) is 2.57. The largest absolute Gasteiger partial charge is 0.324 e. The number of aryl methyl sites for hydroxylation is 1. The molecule has 2 rings (SSSR count). The minimum Gasteiger partial charge on any atom is -0.324 e. The summed E-state index contributed by atoms with van der Waals surface area (Å²) in [6.07, 6.45) is 0.769. The molecule has 0 fully saturated rings. The van der Waals surface area contributed by atoms with E-state index in [4.69, 9.17) is 23.2 Å². The van der Waals surface area contributed by atoms with Crippen LogP contribution in [0, 0.1) is 0 Å². The first-order valence-electron chi connectivity index (χ1n) is 5.36. The average Bonchev–Trinajstić information content (AvgIpc) is 2.58. The van der Waals surface area contributed by atoms with E-state index in [1.54, 1.807) is 0 Å². The van der Waals surface area contributed by atoms with Gasteiger partial charge in [-0.3, -0.25) is 0 Å². The summed E-state index contributed by atoms with van der Waals surface area (Å²) in [7, 11) is 0. The fraction of sp³-hybridized carbons (Fsp3) is 0.417. The Kier molecular flexibility index (Phi) is 3.41. The van der Waals surface area contributed by atoms with E-state index >= 15 is 0 Å². The van der Waals surface area contributed by atoms with Crippen LogP contribution < -0.4 is 0 Å². The Morgan fingerprint density at radius 1 is 1.38 bits per heavy atom. The molecule has 1 heterocycles. The van der Waals surface area contributed by atoms with Crippen molar-refractivity contribution in [3.63, 3.8) is 0 Å². The van der Waals surface area contributed by atoms with Gasteiger partial charge in [-0.25, -0.2) is 4.98 Å². The Hall–Kier alpha value is -0.730. The van der Waals surface area contributed by atoms with Crippen LogP contribution in [0.25, 0.3) is 11.0 Å². The smallest absolute Gasteiger partial charge is 0.111 e. The average molecular weight is 257 g/mol. The number of hydrogen-bond donors (Lipinski definition) is 0. The maximum Gasteiger partial charge on any atom is 0.111 e. The van der Waals surface area contributed by atoms with Crippen LogP contribution in [0.3, 0.4) is 0 Å². The molecule has 86 valence electrons. The van der Waals surface area contributed by atoms with E-state index in [2.05, 4.69) is 23.4 Å². The lowest BCUT2D eigenvalue weighted by Crippen LogP contribution is -2.07. The molecule has 0 atom stereocenters. The molecule has 16 heavy (non-hydrogen) atoms. The number of fused-ring (bicyclic) bond motifs is 1. The molecular weight excluding hydrogens is 243 g/mol. The first kappa shape index (κ1) is 11.7. The SMILES string of the molecule is CC(C)n1c(CCCl)nc2cccc(Cl)c21. The zero-order valence-corrected chi connectivity index (χ0v) is 10.9. The van der Waals surface area contributed by atoms with Gasteiger partial charge >= 0.3 is 0 Å². The van der Waals surface area contributed by atoms with Crippen molar-refractivity contribution in [2.24, 2.45) is 0 Å². The number of halogens is 2. The van der Waals surface area contributed by atoms with E-state index in [0.29, 0.717) is 11.9 Å². The van der Waals surface area contributed by atoms with Gasteiger partial charge in [0.05, 0.1) is 16.1 Å². The lowest BCUT2D eigenvalue weighted by molar-refractivity contribution is 0.589. The Morgan fingerprint density at radius 2 is 2.12 bits per heavy atom. The van der Waals surface area contributed by atoms with Gasteiger partial charge in [-0.1, -0.05) is 17.7 Å². The molecule has 0 radical (unpaired) electrons. The monoisotopic (exact) mass is 256 g/mol. The van der Waals surface area contributed by atoms with Crippen LogP contribution in [0.4, 0.5) is 0 Å². The molecular formula is C12H14Cl2N2. The highest BCUT2D eigenvalue weighted by atomic mass is 35.5. The second kappa shape index (κ2) is 4.64. The fourth-order valence-corrected chi connectivity index (χ4v) is 2.40. The summed E-state index contributed by atoms with van der Waals surface area (Å²) in [6, 6.07) is 6.14. The summed E-state index contributed by atoms with van der Waals surface area (Å²) in [5.74, 6) is 1.58. The van der Waals surface area contributed by atoms with Crippen molar-refractivity contribution in [1.82, 2.24) is 9.55 Å². The minimum atomic E-state index is 0.336. The summed E-state index contributed by atoms with van der Waals surface area (Å²) in [4.78, 5) is 4.58. The molecule has 4 heteroatoms. The number of rotatable bonds is 3. The van der Waals surface area contributed by atoms with Crippen LogP contribution in [0.15, 0.2) is 18.2 Å². The maximum atomic E-state index is 6.23. The molecule has 0 aliphatic carbocycles. The molecule has 1 aromatic carbocycles. The lowest BCUT2D eigenvalue weighted by Gasteiger charge is -2.12. The quantitative estimate of drug-likeness (QED) is 0.758. The van der Waals surface area contributed by atoms with Gasteiger partial charge in [0.1, 0.15) is 5.82 Å². The summed E-state index contributed by atoms with van der Waals surface area (Å²) in [5, 5.41) is 0.750. The Labute approximate surface area is 105 Å². The predicted molar refractivity (Wildman–Crippen MR) is 69.6 cm³/mol. The van der Waals surface area contributed by atoms with Crippen molar-refractivity contribution in [2.75, 3.05) is 5.88 Å². The third-order valence-corrected chi connectivity index (χ3v) is 3.06. The van der Waals surface area contributed by atoms with Crippen LogP contribution in [-0.4, -0.2) is 15.4 Å². The van der Waals surface area contributed by atoms with E-state index in [9.17, 15) is 0 Å². The van der Waals surface area contributed by atoms with Crippen LogP contribution >= 0.6 is 23.2 Å². The number of benzene rings is 1. The zero-order chi connectivity index (χ0) is 11.7. The molecule has 0 N–H and O–H groups in total. The summed E-state index contributed by atoms with van der Waals surface area (Å²) in [6.45, 7) is 4.25. The van der Waals surface area contributed by atoms with Crippen molar-refractivity contribution < 1.29 is 0 Å². The zero-order valence-electron chi connectivity index (χ0n) is 9.37. The van der Waals surface area contributed by atoms with Gasteiger partial charge in [0.15, 0.2) is 0 Å². The van der Waals surface area contributed by atoms with Crippen LogP contribution in [0.1, 0.15) is 25.7 Å². The first-order chi connectivity index (χ1) is 7.65. The van der Waals surface area contributed by atoms with Gasteiger partial charge in [0.2, 0.25) is 0 Å². The molecule has 1 aromatic heterocycles. The fourth-order valence-electron chi connectivity index (χ4n) is 1.97. The summed E-state index contributed by atoms with van der Waals surface area (Å²) < 4.78 is 2.17. The molecule has 0 saturated carbocycles. The van der Waals surface area contributed by atoms with Gasteiger partial charge in [-0.2, -0.15) is 0 Å². The number of alkyl halides is 1. The first-order valence-corrected chi connectivity index (χ1v) is 6.27. The standard InChI is InChI=1S/C12H14Cl2N2/c1-8(2)16-11(6-7-13)15-10-5-3-4-9(14)12(10)16/h3-5,8H,6-7H2,1-2H3. The molecule has 0 aliphatic rings. The second-order valence-corrected chi connectivity index (χ2v) is 4.82. The molecule has 0 saturated heterocycles. The van der Waals surface area contributed by atoms with Crippen molar-refractivity contribution >= 4 is 34.2 Å². The van der Waals surface area contributed by atoms with Gasteiger partial charge in [-0.05, 0) is 26.0 Å². The Bertz CT molecular complexity index is 503. The van der Waals surface area contributed by atoms with E-state index in [1.165, 1.54) is 0 Å². The summed E-state index contributed by atoms with van der Waals surface area (Å²) >= 11 is 12.0. The van der Waals surface area contributed by atoms with Gasteiger partial charge < -0.3 is 4.57 Å². The summed E-state index contributed by atoms with van der Waals surface area (Å²) in [5.41, 5.74) is 1.96. The van der Waals surface area contributed by atoms with E-state index in [1.807, 2.05) is 18.2 Å². The molecule has 0 aliphatic heterocycles. The predicted octanol–water partition coefficient (Wildman–Crippen LogP) is 4.05. The molecule has 0 amide bonds. The molecule has 2 nitrogen and oxygen atoms in total. The van der Waals surface area contributed by atoms with Crippen molar-refractivity contribution in [1.29, 1.82) is 0 Å². The lowest BCUT2D eigenvalue weighted by atomic mass is 10.3. The number of nitrogens with zero attached hydrogens (tertiary/aromatic N) is 2. The van der Waals surface area contributed by atoms with E-state index in [0.717, 1.165) is 28.3 Å². The Morgan fingerprint density at radius 3 is 2.75 bits per heavy atom. The number of imidazole rings is 1. The molecule has 0 unspecified atom stereocenters. The van der Waals surface area contributed by atoms with Crippen LogP contribution in [-0.2, 0) is 6.42 Å². The van der Waals surface area contributed by atoms with E-state index in [-0.39, 0.29) is 0 Å². The van der Waals surface area contributed by atoms with Crippen molar-refractivity contribution in [3.05, 3.63) is 29.0 Å². The minimum absolute atomic E-state index is 0.336. The van der Waals surface area contributed by atoms with Gasteiger partial charge in [0, 0.05) is 18.3 Å². The molecule has 2 aromatic rings. The number of hydrogen-bond acceptors (Lipinski definition) is 1. The third kappa shape index (κ3) is 1.92.